The molecule has 0 unspecified atom stereocenters. The van der Waals surface area contributed by atoms with Crippen LogP contribution < -0.4 is 0 Å². The third-order valence-electron chi connectivity index (χ3n) is 0.615. The summed E-state index contributed by atoms with van der Waals surface area (Å²) in [4.78, 5) is 0. The molecule has 0 fully saturated rings. The van der Waals surface area contributed by atoms with Gasteiger partial charge in [0.1, 0.15) is 0 Å². The first-order valence-electron chi connectivity index (χ1n) is 2.66. The van der Waals surface area contributed by atoms with Crippen molar-refractivity contribution in [2.75, 3.05) is 5.38 Å². The summed E-state index contributed by atoms with van der Waals surface area (Å²) in [6.45, 7) is 5.67. The minimum Gasteiger partial charge on any atom is -0.286 e. The van der Waals surface area contributed by atoms with Gasteiger partial charge in [0.25, 0.3) is 10.1 Å². The van der Waals surface area contributed by atoms with Crippen molar-refractivity contribution in [2.24, 2.45) is 0 Å². The van der Waals surface area contributed by atoms with Crippen LogP contribution in [0.4, 0.5) is 0 Å². The van der Waals surface area contributed by atoms with E-state index in [1.54, 1.807) is 0 Å². The highest BCUT2D eigenvalue weighted by Gasteiger charge is 2.20. The Morgan fingerprint density at radius 1 is 1.33 bits per heavy atom. The normalized spacial score (nSPS) is 13.8. The van der Waals surface area contributed by atoms with E-state index >= 15 is 0 Å². The Kier molecular flexibility index (Phi) is 2.43. The van der Waals surface area contributed by atoms with Crippen molar-refractivity contribution >= 4 is 18.2 Å². The lowest BCUT2D eigenvalue weighted by Gasteiger charge is -2.11. The summed E-state index contributed by atoms with van der Waals surface area (Å²) in [5.41, 5.74) is 0. The predicted octanol–water partition coefficient (Wildman–Crippen LogP) is 0.752. The van der Waals surface area contributed by atoms with E-state index in [2.05, 4.69) is 0 Å². The van der Waals surface area contributed by atoms with E-state index in [-0.39, 0.29) is 5.38 Å². The van der Waals surface area contributed by atoms with Gasteiger partial charge in [0.05, 0.1) is 13.5 Å². The average Bonchev–Trinajstić information content (AvgIpc) is 1.14. The van der Waals surface area contributed by atoms with Gasteiger partial charge >= 0.3 is 0 Å². The Morgan fingerprint density at radius 3 is 1.67 bits per heavy atom. The Labute approximate surface area is 56.8 Å². The zero-order valence-corrected chi connectivity index (χ0v) is 7.70. The van der Waals surface area contributed by atoms with Crippen molar-refractivity contribution in [2.45, 2.75) is 19.6 Å². The van der Waals surface area contributed by atoms with Crippen molar-refractivity contribution in [3.63, 3.8) is 0 Å². The maximum Gasteiger partial charge on any atom is 0.262 e. The highest BCUT2D eigenvalue weighted by Crippen LogP contribution is 2.02. The van der Waals surface area contributed by atoms with E-state index < -0.39 is 18.2 Å². The molecule has 1 N–H and O–H groups in total. The SMILES string of the molecule is C[Si](C)(C)CS(=O)(=O)O. The quantitative estimate of drug-likeness (QED) is 0.489. The highest BCUT2D eigenvalue weighted by molar-refractivity contribution is 7.87. The topological polar surface area (TPSA) is 54.4 Å². The first-order valence-corrected chi connectivity index (χ1v) is 7.97. The van der Waals surface area contributed by atoms with Crippen LogP contribution in [0.3, 0.4) is 0 Å². The molecular weight excluding hydrogens is 156 g/mol. The maximum atomic E-state index is 10.2. The maximum absolute atomic E-state index is 10.2. The zero-order valence-electron chi connectivity index (χ0n) is 5.88. The molecule has 56 valence electrons. The molecule has 0 aromatic rings. The van der Waals surface area contributed by atoms with Crippen LogP contribution in [0.5, 0.6) is 0 Å². The van der Waals surface area contributed by atoms with Crippen LogP contribution in [-0.2, 0) is 10.1 Å². The Bertz CT molecular complexity index is 176. The van der Waals surface area contributed by atoms with Gasteiger partial charge in [0.2, 0.25) is 0 Å². The highest BCUT2D eigenvalue weighted by atomic mass is 32.2. The summed E-state index contributed by atoms with van der Waals surface area (Å²) in [6.07, 6.45) is 0. The van der Waals surface area contributed by atoms with Crippen molar-refractivity contribution in [3.8, 4) is 0 Å². The second-order valence-electron chi connectivity index (χ2n) is 3.29. The monoisotopic (exact) mass is 168 g/mol. The lowest BCUT2D eigenvalue weighted by Crippen LogP contribution is -2.31. The first-order chi connectivity index (χ1) is 3.71. The van der Waals surface area contributed by atoms with Crippen molar-refractivity contribution in [1.82, 2.24) is 0 Å². The minimum atomic E-state index is -3.72. The molecule has 9 heavy (non-hydrogen) atoms. The molecule has 0 bridgehead atoms. The molecule has 0 aromatic heterocycles. The first kappa shape index (κ1) is 9.13. The summed E-state index contributed by atoms with van der Waals surface area (Å²) in [5, 5.41) is -0.0417. The lowest BCUT2D eigenvalue weighted by atomic mass is 11.8. The van der Waals surface area contributed by atoms with E-state index in [1.165, 1.54) is 0 Å². The van der Waals surface area contributed by atoms with Crippen molar-refractivity contribution in [1.29, 1.82) is 0 Å². The summed E-state index contributed by atoms with van der Waals surface area (Å²) in [5.74, 6) is 0. The summed E-state index contributed by atoms with van der Waals surface area (Å²) in [7, 11) is -5.35. The van der Waals surface area contributed by atoms with E-state index in [9.17, 15) is 8.42 Å². The Balaban J connectivity index is 4.07. The van der Waals surface area contributed by atoms with E-state index in [0.717, 1.165) is 0 Å². The van der Waals surface area contributed by atoms with Gasteiger partial charge in [-0.2, -0.15) is 8.42 Å². The smallest absolute Gasteiger partial charge is 0.262 e. The second-order valence-corrected chi connectivity index (χ2v) is 10.7. The number of hydrogen-bond donors (Lipinski definition) is 1. The van der Waals surface area contributed by atoms with Crippen LogP contribution in [0.15, 0.2) is 0 Å². The van der Waals surface area contributed by atoms with Gasteiger partial charge in [-0.3, -0.25) is 4.55 Å². The summed E-state index contributed by atoms with van der Waals surface area (Å²) >= 11 is 0. The molecule has 3 nitrogen and oxygen atoms in total. The molecule has 0 rings (SSSR count). The van der Waals surface area contributed by atoms with Gasteiger partial charge in [-0.05, 0) is 0 Å². The molecule has 0 radical (unpaired) electrons. The zero-order chi connectivity index (χ0) is 7.71. The fraction of sp³-hybridized carbons (Fsp3) is 1.00. The van der Waals surface area contributed by atoms with Crippen LogP contribution in [0.2, 0.25) is 19.6 Å². The second kappa shape index (κ2) is 2.40. The van der Waals surface area contributed by atoms with Gasteiger partial charge in [0.15, 0.2) is 0 Å². The van der Waals surface area contributed by atoms with Crippen LogP contribution in [0, 0.1) is 0 Å². The molecule has 0 atom stereocenters. The summed E-state index contributed by atoms with van der Waals surface area (Å²) < 4.78 is 28.8. The fourth-order valence-corrected chi connectivity index (χ4v) is 4.92. The molecule has 0 aliphatic carbocycles. The number of rotatable bonds is 2. The third kappa shape index (κ3) is 8.13. The van der Waals surface area contributed by atoms with Gasteiger partial charge in [-0.25, -0.2) is 0 Å². The summed E-state index contributed by atoms with van der Waals surface area (Å²) in [6, 6.07) is 0. The van der Waals surface area contributed by atoms with Crippen molar-refractivity contribution in [3.05, 3.63) is 0 Å². The van der Waals surface area contributed by atoms with Crippen LogP contribution >= 0.6 is 0 Å². The molecule has 0 heterocycles. The van der Waals surface area contributed by atoms with Crippen LogP contribution in [0.1, 0.15) is 0 Å². The van der Waals surface area contributed by atoms with E-state index in [1.807, 2.05) is 19.6 Å². The van der Waals surface area contributed by atoms with Gasteiger partial charge in [-0.1, -0.05) is 19.6 Å². The molecule has 5 heteroatoms. The van der Waals surface area contributed by atoms with E-state index in [0.29, 0.717) is 0 Å². The molecule has 0 saturated heterocycles. The molecule has 0 aromatic carbocycles. The average molecular weight is 168 g/mol. The third-order valence-corrected chi connectivity index (χ3v) is 5.54. The van der Waals surface area contributed by atoms with Gasteiger partial charge < -0.3 is 0 Å². The Hall–Kier alpha value is 0.127. The van der Waals surface area contributed by atoms with Crippen LogP contribution in [0.25, 0.3) is 0 Å². The fourth-order valence-electron chi connectivity index (χ4n) is 0.547. The molecular formula is C4H12O3SSi. The van der Waals surface area contributed by atoms with Gasteiger partial charge in [-0.15, -0.1) is 0 Å². The molecule has 0 aliphatic rings. The Morgan fingerprint density at radius 2 is 1.67 bits per heavy atom. The molecule has 0 saturated carbocycles. The molecule has 0 spiro atoms. The van der Waals surface area contributed by atoms with Gasteiger partial charge in [0, 0.05) is 0 Å². The predicted molar refractivity (Wildman–Crippen MR) is 39.8 cm³/mol. The minimum absolute atomic E-state index is 0.0417. The van der Waals surface area contributed by atoms with E-state index in [4.69, 9.17) is 4.55 Å². The lowest BCUT2D eigenvalue weighted by molar-refractivity contribution is 0.488. The van der Waals surface area contributed by atoms with Crippen molar-refractivity contribution < 1.29 is 13.0 Å². The number of hydrogen-bond acceptors (Lipinski definition) is 2. The standard InChI is InChI=1S/C4H12O3SSi/c1-9(2,3)4-8(5,6)7/h4H2,1-3H3,(H,5,6,7). The molecule has 0 amide bonds. The largest absolute Gasteiger partial charge is 0.286 e. The molecule has 0 aliphatic heterocycles. The van der Waals surface area contributed by atoms with Crippen LogP contribution in [-0.4, -0.2) is 26.4 Å².